The Labute approximate surface area is 116 Å². The molecule has 0 aromatic heterocycles. The van der Waals surface area contributed by atoms with Gasteiger partial charge in [-0.25, -0.2) is 0 Å². The summed E-state index contributed by atoms with van der Waals surface area (Å²) in [6.45, 7) is 4.56. The smallest absolute Gasteiger partial charge is 0.0435 e. The lowest BCUT2D eigenvalue weighted by Crippen LogP contribution is -2.62. The number of likely N-dealkylation sites (tertiary alicyclic amines) is 1. The second-order valence-electron chi connectivity index (χ2n) is 6.70. The molecule has 1 saturated carbocycles. The Kier molecular flexibility index (Phi) is 3.93. The molecule has 2 N–H and O–H groups in total. The third-order valence-corrected chi connectivity index (χ3v) is 6.98. The lowest BCUT2D eigenvalue weighted by atomic mass is 9.75. The van der Waals surface area contributed by atoms with Crippen molar-refractivity contribution < 1.29 is 0 Å². The van der Waals surface area contributed by atoms with Crippen molar-refractivity contribution in [2.45, 2.75) is 68.7 Å². The molecular weight excluding hydrogens is 240 g/mol. The van der Waals surface area contributed by atoms with E-state index in [4.69, 9.17) is 5.73 Å². The number of nitrogens with two attached hydrogens (primary N) is 1. The summed E-state index contributed by atoms with van der Waals surface area (Å²) in [6, 6.07) is 0.863. The third-order valence-electron chi connectivity index (χ3n) is 5.54. The molecule has 104 valence electrons. The van der Waals surface area contributed by atoms with Gasteiger partial charge in [0.05, 0.1) is 0 Å². The van der Waals surface area contributed by atoms with E-state index in [9.17, 15) is 0 Å². The molecule has 2 saturated heterocycles. The Hall–Kier alpha value is 0.270. The van der Waals surface area contributed by atoms with Crippen LogP contribution < -0.4 is 5.73 Å². The van der Waals surface area contributed by atoms with Gasteiger partial charge in [0.1, 0.15) is 0 Å². The van der Waals surface area contributed by atoms with Gasteiger partial charge in [-0.3, -0.25) is 4.90 Å². The molecule has 3 aliphatic rings. The monoisotopic (exact) mass is 268 g/mol. The summed E-state index contributed by atoms with van der Waals surface area (Å²) in [6.07, 6.45) is 10.0. The van der Waals surface area contributed by atoms with E-state index in [0.29, 0.717) is 5.54 Å². The maximum absolute atomic E-state index is 6.23. The van der Waals surface area contributed by atoms with Gasteiger partial charge in [0.2, 0.25) is 0 Å². The number of hydrogen-bond acceptors (Lipinski definition) is 3. The largest absolute Gasteiger partial charge is 0.329 e. The van der Waals surface area contributed by atoms with Gasteiger partial charge in [0.15, 0.2) is 0 Å². The zero-order valence-electron chi connectivity index (χ0n) is 11.7. The van der Waals surface area contributed by atoms with E-state index in [0.717, 1.165) is 23.8 Å². The van der Waals surface area contributed by atoms with Crippen LogP contribution in [0.2, 0.25) is 0 Å². The molecule has 3 fully saturated rings. The highest BCUT2D eigenvalue weighted by Crippen LogP contribution is 2.45. The van der Waals surface area contributed by atoms with Crippen molar-refractivity contribution in [2.75, 3.05) is 18.8 Å². The molecule has 4 unspecified atom stereocenters. The molecule has 0 aromatic rings. The van der Waals surface area contributed by atoms with Crippen LogP contribution >= 0.6 is 11.8 Å². The van der Waals surface area contributed by atoms with Gasteiger partial charge in [-0.1, -0.05) is 19.8 Å². The Morgan fingerprint density at radius 2 is 2.00 bits per heavy atom. The molecule has 0 aromatic carbocycles. The summed E-state index contributed by atoms with van der Waals surface area (Å²) < 4.78 is 0. The highest BCUT2D eigenvalue weighted by molar-refractivity contribution is 8.00. The molecule has 0 spiro atoms. The van der Waals surface area contributed by atoms with Gasteiger partial charge in [0, 0.05) is 29.1 Å². The minimum absolute atomic E-state index is 0.338. The topological polar surface area (TPSA) is 29.3 Å². The van der Waals surface area contributed by atoms with Gasteiger partial charge >= 0.3 is 0 Å². The first-order valence-corrected chi connectivity index (χ1v) is 8.88. The van der Waals surface area contributed by atoms with E-state index in [1.165, 1.54) is 57.2 Å². The first kappa shape index (κ1) is 13.3. The highest BCUT2D eigenvalue weighted by atomic mass is 32.2. The number of rotatable bonds is 2. The Bertz CT molecular complexity index is 294. The minimum Gasteiger partial charge on any atom is -0.329 e. The maximum atomic E-state index is 6.23. The normalized spacial score (nSPS) is 46.0. The fraction of sp³-hybridized carbons (Fsp3) is 1.00. The van der Waals surface area contributed by atoms with Crippen LogP contribution in [0.1, 0.15) is 51.9 Å². The summed E-state index contributed by atoms with van der Waals surface area (Å²) >= 11 is 2.14. The fourth-order valence-corrected chi connectivity index (χ4v) is 6.05. The predicted octanol–water partition coefficient (Wildman–Crippen LogP) is 2.86. The number of fused-ring (bicyclic) bond motifs is 1. The number of hydrogen-bond donors (Lipinski definition) is 1. The van der Waals surface area contributed by atoms with Crippen LogP contribution in [-0.2, 0) is 0 Å². The van der Waals surface area contributed by atoms with Crippen molar-refractivity contribution in [3.8, 4) is 0 Å². The molecular formula is C15H28N2S. The van der Waals surface area contributed by atoms with E-state index in [-0.39, 0.29) is 0 Å². The Balaban J connectivity index is 1.80. The van der Waals surface area contributed by atoms with Crippen molar-refractivity contribution in [2.24, 2.45) is 11.7 Å². The first-order chi connectivity index (χ1) is 8.75. The molecule has 4 atom stereocenters. The van der Waals surface area contributed by atoms with Crippen LogP contribution in [0.15, 0.2) is 0 Å². The number of thioether (sulfide) groups is 1. The number of piperidine rings is 1. The molecule has 0 amide bonds. The first-order valence-electron chi connectivity index (χ1n) is 7.83. The third kappa shape index (κ3) is 2.23. The molecule has 3 rings (SSSR count). The van der Waals surface area contributed by atoms with E-state index in [2.05, 4.69) is 23.6 Å². The molecule has 0 radical (unpaired) electrons. The number of nitrogens with zero attached hydrogens (tertiary/aromatic N) is 1. The summed E-state index contributed by atoms with van der Waals surface area (Å²) in [5, 5.41) is 0.803. The summed E-state index contributed by atoms with van der Waals surface area (Å²) in [7, 11) is 0. The SMILES string of the molecule is CC1CC(CN)(N2CCCC3CCCCC32)CS1. The van der Waals surface area contributed by atoms with Crippen molar-refractivity contribution in [1.82, 2.24) is 4.90 Å². The van der Waals surface area contributed by atoms with Gasteiger partial charge in [-0.05, 0) is 44.6 Å². The van der Waals surface area contributed by atoms with Crippen LogP contribution in [0.3, 0.4) is 0 Å². The molecule has 2 aliphatic heterocycles. The van der Waals surface area contributed by atoms with Gasteiger partial charge in [-0.15, -0.1) is 0 Å². The summed E-state index contributed by atoms with van der Waals surface area (Å²) in [5.74, 6) is 2.25. The van der Waals surface area contributed by atoms with E-state index in [1.54, 1.807) is 0 Å². The molecule has 1 aliphatic carbocycles. The fourth-order valence-electron chi connectivity index (χ4n) is 4.62. The van der Waals surface area contributed by atoms with E-state index < -0.39 is 0 Å². The average molecular weight is 268 g/mol. The molecule has 3 heteroatoms. The van der Waals surface area contributed by atoms with Crippen molar-refractivity contribution in [1.29, 1.82) is 0 Å². The van der Waals surface area contributed by atoms with Gasteiger partial charge in [0.25, 0.3) is 0 Å². The van der Waals surface area contributed by atoms with Gasteiger partial charge < -0.3 is 5.73 Å². The van der Waals surface area contributed by atoms with Crippen LogP contribution in [0.4, 0.5) is 0 Å². The quantitative estimate of drug-likeness (QED) is 0.835. The minimum atomic E-state index is 0.338. The lowest BCUT2D eigenvalue weighted by Gasteiger charge is -2.52. The van der Waals surface area contributed by atoms with Crippen molar-refractivity contribution in [3.63, 3.8) is 0 Å². The second-order valence-corrected chi connectivity index (χ2v) is 8.13. The Morgan fingerprint density at radius 3 is 2.72 bits per heavy atom. The second kappa shape index (κ2) is 5.34. The zero-order chi connectivity index (χ0) is 12.6. The Morgan fingerprint density at radius 1 is 1.22 bits per heavy atom. The lowest BCUT2D eigenvalue weighted by molar-refractivity contribution is -0.0154. The van der Waals surface area contributed by atoms with E-state index >= 15 is 0 Å². The molecule has 2 heterocycles. The molecule has 2 nitrogen and oxygen atoms in total. The zero-order valence-corrected chi connectivity index (χ0v) is 12.6. The summed E-state index contributed by atoms with van der Waals surface area (Å²) in [4.78, 5) is 2.87. The predicted molar refractivity (Wildman–Crippen MR) is 80.0 cm³/mol. The molecule has 0 bridgehead atoms. The van der Waals surface area contributed by atoms with Crippen LogP contribution in [-0.4, -0.2) is 40.6 Å². The van der Waals surface area contributed by atoms with Crippen LogP contribution in [0.25, 0.3) is 0 Å². The molecule has 18 heavy (non-hydrogen) atoms. The van der Waals surface area contributed by atoms with E-state index in [1.807, 2.05) is 0 Å². The standard InChI is InChI=1S/C15H28N2S/c1-12-9-15(10-16,11-18-12)17-8-4-6-13-5-2-3-7-14(13)17/h12-14H,2-11,16H2,1H3. The van der Waals surface area contributed by atoms with Crippen molar-refractivity contribution >= 4 is 11.8 Å². The van der Waals surface area contributed by atoms with Crippen molar-refractivity contribution in [3.05, 3.63) is 0 Å². The highest BCUT2D eigenvalue weighted by Gasteiger charge is 2.47. The average Bonchev–Trinajstić information content (AvgIpc) is 2.81. The summed E-state index contributed by atoms with van der Waals surface area (Å²) in [5.41, 5.74) is 6.57. The van der Waals surface area contributed by atoms with Crippen LogP contribution in [0, 0.1) is 5.92 Å². The van der Waals surface area contributed by atoms with Crippen LogP contribution in [0.5, 0.6) is 0 Å². The van der Waals surface area contributed by atoms with Gasteiger partial charge in [-0.2, -0.15) is 11.8 Å². The maximum Gasteiger partial charge on any atom is 0.0435 e.